The number of aromatic amines is 2. The van der Waals surface area contributed by atoms with Gasteiger partial charge in [0.15, 0.2) is 0 Å². The molecule has 0 aromatic carbocycles. The first-order valence-electron chi connectivity index (χ1n) is 3.89. The quantitative estimate of drug-likeness (QED) is 0.673. The SMILES string of the molecule is C(=C\c1cc[nH]c1)/c1cc[nH]c1. The van der Waals surface area contributed by atoms with Crippen molar-refractivity contribution in [2.24, 2.45) is 0 Å². The first-order chi connectivity index (χ1) is 5.95. The van der Waals surface area contributed by atoms with Crippen LogP contribution in [0.25, 0.3) is 12.2 Å². The Morgan fingerprint density at radius 3 is 1.67 bits per heavy atom. The molecule has 0 atom stereocenters. The van der Waals surface area contributed by atoms with E-state index in [4.69, 9.17) is 0 Å². The molecule has 2 N–H and O–H groups in total. The summed E-state index contributed by atoms with van der Waals surface area (Å²) in [5, 5.41) is 0. The van der Waals surface area contributed by atoms with Crippen LogP contribution in [0.15, 0.2) is 36.9 Å². The fourth-order valence-corrected chi connectivity index (χ4v) is 1.07. The van der Waals surface area contributed by atoms with Crippen molar-refractivity contribution in [1.82, 2.24) is 9.97 Å². The maximum atomic E-state index is 3.00. The Balaban J connectivity index is 2.14. The smallest absolute Gasteiger partial charge is 0.00781 e. The van der Waals surface area contributed by atoms with E-state index < -0.39 is 0 Å². The summed E-state index contributed by atoms with van der Waals surface area (Å²) in [7, 11) is 0. The fraction of sp³-hybridized carbons (Fsp3) is 0. The van der Waals surface area contributed by atoms with Gasteiger partial charge in [0, 0.05) is 24.8 Å². The van der Waals surface area contributed by atoms with Crippen molar-refractivity contribution in [2.45, 2.75) is 0 Å². The van der Waals surface area contributed by atoms with E-state index in [0.717, 1.165) is 0 Å². The first kappa shape index (κ1) is 6.98. The van der Waals surface area contributed by atoms with Gasteiger partial charge < -0.3 is 9.97 Å². The highest BCUT2D eigenvalue weighted by atomic mass is 14.6. The molecule has 2 rings (SSSR count). The zero-order valence-electron chi connectivity index (χ0n) is 6.62. The van der Waals surface area contributed by atoms with Crippen LogP contribution >= 0.6 is 0 Å². The molecule has 2 aromatic rings. The Labute approximate surface area is 70.9 Å². The predicted molar refractivity (Wildman–Crippen MR) is 50.5 cm³/mol. The summed E-state index contributed by atoms with van der Waals surface area (Å²) >= 11 is 0. The van der Waals surface area contributed by atoms with Crippen LogP contribution in [-0.4, -0.2) is 9.97 Å². The van der Waals surface area contributed by atoms with E-state index in [0.29, 0.717) is 0 Å². The van der Waals surface area contributed by atoms with Crippen LogP contribution in [-0.2, 0) is 0 Å². The van der Waals surface area contributed by atoms with Gasteiger partial charge in [0.25, 0.3) is 0 Å². The summed E-state index contributed by atoms with van der Waals surface area (Å²) in [5.74, 6) is 0. The Bertz CT molecular complexity index is 305. The van der Waals surface area contributed by atoms with Crippen LogP contribution in [0.5, 0.6) is 0 Å². The second kappa shape index (κ2) is 3.13. The van der Waals surface area contributed by atoms with Crippen molar-refractivity contribution in [2.75, 3.05) is 0 Å². The van der Waals surface area contributed by atoms with Gasteiger partial charge in [-0.25, -0.2) is 0 Å². The second-order valence-corrected chi connectivity index (χ2v) is 2.62. The highest BCUT2D eigenvalue weighted by Gasteiger charge is 1.86. The average molecular weight is 158 g/mol. The largest absolute Gasteiger partial charge is 0.367 e. The number of nitrogens with one attached hydrogen (secondary N) is 2. The van der Waals surface area contributed by atoms with Gasteiger partial charge in [0.1, 0.15) is 0 Å². The van der Waals surface area contributed by atoms with E-state index in [9.17, 15) is 0 Å². The molecule has 0 saturated heterocycles. The van der Waals surface area contributed by atoms with E-state index in [1.807, 2.05) is 36.9 Å². The number of hydrogen-bond acceptors (Lipinski definition) is 0. The minimum absolute atomic E-state index is 1.19. The second-order valence-electron chi connectivity index (χ2n) is 2.62. The number of H-pyrrole nitrogens is 2. The third kappa shape index (κ3) is 1.48. The fourth-order valence-electron chi connectivity index (χ4n) is 1.07. The van der Waals surface area contributed by atoms with Crippen LogP contribution in [0.3, 0.4) is 0 Å². The summed E-state index contributed by atoms with van der Waals surface area (Å²) in [4.78, 5) is 6.00. The van der Waals surface area contributed by atoms with Crippen molar-refractivity contribution in [1.29, 1.82) is 0 Å². The molecule has 0 saturated carbocycles. The first-order valence-corrected chi connectivity index (χ1v) is 3.89. The van der Waals surface area contributed by atoms with Gasteiger partial charge in [-0.15, -0.1) is 0 Å². The number of aromatic nitrogens is 2. The molecule has 0 fully saturated rings. The highest BCUT2D eigenvalue weighted by Crippen LogP contribution is 2.05. The maximum absolute atomic E-state index is 3.00. The van der Waals surface area contributed by atoms with E-state index in [1.165, 1.54) is 11.1 Å². The van der Waals surface area contributed by atoms with Gasteiger partial charge in [0.05, 0.1) is 0 Å². The van der Waals surface area contributed by atoms with E-state index in [1.54, 1.807) is 0 Å². The summed E-state index contributed by atoms with van der Waals surface area (Å²) in [6, 6.07) is 4.06. The Morgan fingerprint density at radius 2 is 1.33 bits per heavy atom. The van der Waals surface area contributed by atoms with Crippen LogP contribution in [0.4, 0.5) is 0 Å². The molecule has 0 unspecified atom stereocenters. The van der Waals surface area contributed by atoms with Crippen molar-refractivity contribution >= 4 is 12.2 Å². The normalized spacial score (nSPS) is 11.0. The molecule has 0 aliphatic rings. The molecule has 2 nitrogen and oxygen atoms in total. The average Bonchev–Trinajstić information content (AvgIpc) is 2.74. The third-order valence-corrected chi connectivity index (χ3v) is 1.71. The van der Waals surface area contributed by atoms with Gasteiger partial charge in [-0.2, -0.15) is 0 Å². The van der Waals surface area contributed by atoms with Gasteiger partial charge in [-0.3, -0.25) is 0 Å². The van der Waals surface area contributed by atoms with Gasteiger partial charge >= 0.3 is 0 Å². The maximum Gasteiger partial charge on any atom is 0.00781 e. The van der Waals surface area contributed by atoms with Gasteiger partial charge in [-0.1, -0.05) is 12.2 Å². The molecule has 0 spiro atoms. The molecule has 0 amide bonds. The van der Waals surface area contributed by atoms with Crippen molar-refractivity contribution < 1.29 is 0 Å². The van der Waals surface area contributed by atoms with E-state index >= 15 is 0 Å². The van der Waals surface area contributed by atoms with Crippen LogP contribution in [0.1, 0.15) is 11.1 Å². The molecule has 0 radical (unpaired) electrons. The van der Waals surface area contributed by atoms with Gasteiger partial charge in [-0.05, 0) is 23.3 Å². The molecule has 60 valence electrons. The summed E-state index contributed by atoms with van der Waals surface area (Å²) in [5.41, 5.74) is 2.38. The topological polar surface area (TPSA) is 31.6 Å². The lowest BCUT2D eigenvalue weighted by atomic mass is 10.2. The molecule has 0 bridgehead atoms. The van der Waals surface area contributed by atoms with Crippen LogP contribution in [0.2, 0.25) is 0 Å². The molecular weight excluding hydrogens is 148 g/mol. The zero-order chi connectivity index (χ0) is 8.23. The summed E-state index contributed by atoms with van der Waals surface area (Å²) in [6.45, 7) is 0. The number of hydrogen-bond donors (Lipinski definition) is 2. The summed E-state index contributed by atoms with van der Waals surface area (Å²) in [6.07, 6.45) is 11.9. The Kier molecular flexibility index (Phi) is 1.82. The lowest BCUT2D eigenvalue weighted by Gasteiger charge is -1.82. The van der Waals surface area contributed by atoms with Crippen molar-refractivity contribution in [3.8, 4) is 0 Å². The predicted octanol–water partition coefficient (Wildman–Crippen LogP) is 2.51. The summed E-state index contributed by atoms with van der Waals surface area (Å²) < 4.78 is 0. The van der Waals surface area contributed by atoms with Crippen LogP contribution in [0, 0.1) is 0 Å². The minimum Gasteiger partial charge on any atom is -0.367 e. The molecular formula is C10H10N2. The molecule has 2 aromatic heterocycles. The third-order valence-electron chi connectivity index (χ3n) is 1.71. The van der Waals surface area contributed by atoms with Crippen LogP contribution < -0.4 is 0 Å². The Morgan fingerprint density at radius 1 is 0.833 bits per heavy atom. The van der Waals surface area contributed by atoms with Gasteiger partial charge in [0.2, 0.25) is 0 Å². The molecule has 0 aliphatic heterocycles. The zero-order valence-corrected chi connectivity index (χ0v) is 6.62. The monoisotopic (exact) mass is 158 g/mol. The highest BCUT2D eigenvalue weighted by molar-refractivity contribution is 5.68. The number of rotatable bonds is 2. The van der Waals surface area contributed by atoms with E-state index in [-0.39, 0.29) is 0 Å². The lowest BCUT2D eigenvalue weighted by molar-refractivity contribution is 1.41. The Hall–Kier alpha value is -1.70. The van der Waals surface area contributed by atoms with E-state index in [2.05, 4.69) is 22.1 Å². The van der Waals surface area contributed by atoms with Crippen molar-refractivity contribution in [3.63, 3.8) is 0 Å². The lowest BCUT2D eigenvalue weighted by Crippen LogP contribution is -1.62. The minimum atomic E-state index is 1.19. The molecule has 2 heteroatoms. The molecule has 2 heterocycles. The standard InChI is InChI=1S/C10H10N2/c1(9-3-5-11-7-9)2-10-4-6-12-8-10/h1-8,11-12H/b2-1+. The molecule has 0 aliphatic carbocycles. The molecule has 12 heavy (non-hydrogen) atoms. The van der Waals surface area contributed by atoms with Crippen molar-refractivity contribution in [3.05, 3.63) is 48.0 Å².